The molecule has 0 aliphatic heterocycles. The van der Waals surface area contributed by atoms with Crippen LogP contribution in [0.2, 0.25) is 0 Å². The number of nitrogens with one attached hydrogen (secondary N) is 2. The fraction of sp³-hybridized carbons (Fsp3) is 0.467. The largest absolute Gasteiger partial charge is 0.508 e. The van der Waals surface area contributed by atoms with Gasteiger partial charge in [-0.2, -0.15) is 0 Å². The van der Waals surface area contributed by atoms with Gasteiger partial charge in [-0.1, -0.05) is 31.2 Å². The predicted octanol–water partition coefficient (Wildman–Crippen LogP) is 4.47. The van der Waals surface area contributed by atoms with Gasteiger partial charge in [-0.05, 0) is 89.8 Å². The number of carbonyl (C=O) groups excluding carboxylic acids is 4. The Morgan fingerprint density at radius 2 is 1.62 bits per heavy atom. The number of amides is 4. The molecule has 2 aromatic rings. The molecule has 218 valence electrons. The Labute approximate surface area is 236 Å². The van der Waals surface area contributed by atoms with E-state index >= 15 is 0 Å². The number of rotatable bonds is 10. The van der Waals surface area contributed by atoms with E-state index in [0.717, 1.165) is 5.56 Å². The molecule has 0 bridgehead atoms. The molecule has 5 N–H and O–H groups in total. The highest BCUT2D eigenvalue weighted by atomic mass is 16.6. The lowest BCUT2D eigenvalue weighted by atomic mass is 9.91. The van der Waals surface area contributed by atoms with E-state index in [2.05, 4.69) is 10.6 Å². The highest BCUT2D eigenvalue weighted by Gasteiger charge is 2.43. The van der Waals surface area contributed by atoms with Crippen molar-refractivity contribution in [1.29, 1.82) is 0 Å². The molecule has 0 saturated carbocycles. The van der Waals surface area contributed by atoms with Crippen molar-refractivity contribution in [2.24, 2.45) is 5.73 Å². The number of carbonyl (C=O) groups is 4. The van der Waals surface area contributed by atoms with E-state index in [4.69, 9.17) is 10.5 Å². The van der Waals surface area contributed by atoms with Crippen molar-refractivity contribution in [3.63, 3.8) is 0 Å². The molecule has 0 spiro atoms. The molecule has 0 aliphatic rings. The van der Waals surface area contributed by atoms with Crippen molar-refractivity contribution >= 4 is 29.5 Å². The molecule has 10 nitrogen and oxygen atoms in total. The lowest BCUT2D eigenvalue weighted by molar-refractivity contribution is -0.148. The van der Waals surface area contributed by atoms with Crippen LogP contribution >= 0.6 is 0 Å². The lowest BCUT2D eigenvalue weighted by Gasteiger charge is -2.44. The summed E-state index contributed by atoms with van der Waals surface area (Å²) in [5.74, 6) is -1.98. The summed E-state index contributed by atoms with van der Waals surface area (Å²) in [5, 5.41) is 15.6. The zero-order chi connectivity index (χ0) is 30.4. The van der Waals surface area contributed by atoms with Crippen molar-refractivity contribution in [2.45, 2.75) is 91.5 Å². The minimum absolute atomic E-state index is 0.0348. The first-order valence-electron chi connectivity index (χ1n) is 13.2. The number of primary amides is 1. The summed E-state index contributed by atoms with van der Waals surface area (Å²) < 4.78 is 5.33. The molecule has 0 aromatic heterocycles. The molecule has 0 heterocycles. The molecule has 0 radical (unpaired) electrons. The van der Waals surface area contributed by atoms with Crippen LogP contribution in [0.5, 0.6) is 5.75 Å². The average molecular weight is 555 g/mol. The van der Waals surface area contributed by atoms with Gasteiger partial charge < -0.3 is 31.1 Å². The van der Waals surface area contributed by atoms with Gasteiger partial charge in [0.05, 0.1) is 6.42 Å². The van der Waals surface area contributed by atoms with Gasteiger partial charge >= 0.3 is 6.09 Å². The van der Waals surface area contributed by atoms with Gasteiger partial charge in [0, 0.05) is 11.2 Å². The van der Waals surface area contributed by atoms with Crippen LogP contribution < -0.4 is 16.4 Å². The fourth-order valence-electron chi connectivity index (χ4n) is 4.15. The van der Waals surface area contributed by atoms with Gasteiger partial charge in [-0.3, -0.25) is 14.4 Å². The molecule has 4 amide bonds. The number of anilines is 1. The number of hydrogen-bond donors (Lipinski definition) is 4. The summed E-state index contributed by atoms with van der Waals surface area (Å²) in [5.41, 5.74) is 6.02. The summed E-state index contributed by atoms with van der Waals surface area (Å²) in [7, 11) is 0. The Morgan fingerprint density at radius 3 is 2.15 bits per heavy atom. The van der Waals surface area contributed by atoms with Gasteiger partial charge in [0.25, 0.3) is 5.91 Å². The predicted molar refractivity (Wildman–Crippen MR) is 154 cm³/mol. The number of phenols is 1. The number of benzene rings is 2. The first-order valence-corrected chi connectivity index (χ1v) is 13.2. The molecule has 2 atom stereocenters. The molecule has 2 unspecified atom stereocenters. The Morgan fingerprint density at radius 1 is 1.00 bits per heavy atom. The van der Waals surface area contributed by atoms with Crippen molar-refractivity contribution in [2.75, 3.05) is 5.32 Å². The smallest absolute Gasteiger partial charge is 0.408 e. The molecular weight excluding hydrogens is 512 g/mol. The third-order valence-corrected chi connectivity index (χ3v) is 6.60. The average Bonchev–Trinajstić information content (AvgIpc) is 2.83. The zero-order valence-corrected chi connectivity index (χ0v) is 24.6. The van der Waals surface area contributed by atoms with Crippen LogP contribution in [0.3, 0.4) is 0 Å². The van der Waals surface area contributed by atoms with E-state index in [1.54, 1.807) is 65.8 Å². The van der Waals surface area contributed by atoms with Crippen LogP contribution in [0.25, 0.3) is 0 Å². The van der Waals surface area contributed by atoms with Crippen molar-refractivity contribution in [1.82, 2.24) is 10.2 Å². The molecule has 0 aliphatic carbocycles. The number of nitrogens with zero attached hydrogens (tertiary/aromatic N) is 1. The SMILES string of the molecule is CCC(C)(C)N(C(=O)C(CC(N)=O)NC(=O)OC(C)(C)C)C(C(=O)Nc1ccccc1C)c1ccc(O)c(C)c1. The van der Waals surface area contributed by atoms with E-state index in [1.807, 2.05) is 26.0 Å². The Balaban J connectivity index is 2.69. The van der Waals surface area contributed by atoms with Gasteiger partial charge in [0.15, 0.2) is 0 Å². The van der Waals surface area contributed by atoms with E-state index in [-0.39, 0.29) is 5.75 Å². The molecule has 2 aromatic carbocycles. The molecule has 40 heavy (non-hydrogen) atoms. The summed E-state index contributed by atoms with van der Waals surface area (Å²) in [6, 6.07) is 9.30. The van der Waals surface area contributed by atoms with Gasteiger partial charge in [0.2, 0.25) is 11.8 Å². The second-order valence-electron chi connectivity index (χ2n) is 11.5. The van der Waals surface area contributed by atoms with Crippen molar-refractivity contribution in [3.8, 4) is 5.75 Å². The maximum absolute atomic E-state index is 14.3. The maximum Gasteiger partial charge on any atom is 0.408 e. The first-order chi connectivity index (χ1) is 18.5. The number of aromatic hydroxyl groups is 1. The fourth-order valence-corrected chi connectivity index (χ4v) is 4.15. The summed E-state index contributed by atoms with van der Waals surface area (Å²) >= 11 is 0. The molecule has 10 heteroatoms. The van der Waals surface area contributed by atoms with E-state index in [1.165, 1.54) is 11.0 Å². The third-order valence-electron chi connectivity index (χ3n) is 6.60. The van der Waals surface area contributed by atoms with Gasteiger partial charge in [0.1, 0.15) is 23.4 Å². The topological polar surface area (TPSA) is 151 Å². The Hall–Kier alpha value is -4.08. The highest BCUT2D eigenvalue weighted by Crippen LogP contribution is 2.35. The van der Waals surface area contributed by atoms with E-state index in [9.17, 15) is 24.3 Å². The van der Waals surface area contributed by atoms with Crippen LogP contribution in [0, 0.1) is 13.8 Å². The van der Waals surface area contributed by atoms with Crippen LogP contribution in [0.4, 0.5) is 10.5 Å². The Kier molecular flexibility index (Phi) is 10.3. The van der Waals surface area contributed by atoms with Crippen molar-refractivity contribution < 1.29 is 29.0 Å². The number of hydrogen-bond acceptors (Lipinski definition) is 6. The van der Waals surface area contributed by atoms with Crippen LogP contribution in [-0.2, 0) is 19.1 Å². The summed E-state index contributed by atoms with van der Waals surface area (Å²) in [4.78, 5) is 54.4. The molecule has 0 fully saturated rings. The standard InChI is InChI=1S/C30H42N4O6/c1-9-30(7,8)34(27(38)22(17-24(31)36)33-28(39)40-29(4,5)6)25(20-14-15-23(35)19(3)16-20)26(37)32-21-13-11-10-12-18(21)2/h10-16,22,25,35H,9,17H2,1-8H3,(H2,31,36)(H,32,37)(H,33,39). The molecular formula is C30H42N4O6. The van der Waals surface area contributed by atoms with E-state index < -0.39 is 53.5 Å². The first kappa shape index (κ1) is 32.1. The van der Waals surface area contributed by atoms with Crippen LogP contribution in [0.15, 0.2) is 42.5 Å². The number of ether oxygens (including phenoxy) is 1. The highest BCUT2D eigenvalue weighted by molar-refractivity contribution is 6.00. The van der Waals surface area contributed by atoms with Crippen LogP contribution in [0.1, 0.15) is 77.1 Å². The summed E-state index contributed by atoms with van der Waals surface area (Å²) in [6.45, 7) is 14.0. The second kappa shape index (κ2) is 12.8. The third kappa shape index (κ3) is 8.46. The Bertz CT molecular complexity index is 1250. The number of para-hydroxylation sites is 1. The van der Waals surface area contributed by atoms with Gasteiger partial charge in [-0.25, -0.2) is 4.79 Å². The monoisotopic (exact) mass is 554 g/mol. The normalized spacial score (nSPS) is 13.1. The summed E-state index contributed by atoms with van der Waals surface area (Å²) in [6.07, 6.45) is -0.975. The van der Waals surface area contributed by atoms with Crippen LogP contribution in [-0.4, -0.2) is 51.0 Å². The minimum atomic E-state index is -1.40. The van der Waals surface area contributed by atoms with Gasteiger partial charge in [-0.15, -0.1) is 0 Å². The quantitative estimate of drug-likeness (QED) is 0.340. The number of phenolic OH excluding ortho intramolecular Hbond substituents is 1. The maximum atomic E-state index is 14.3. The van der Waals surface area contributed by atoms with E-state index in [0.29, 0.717) is 23.2 Å². The number of nitrogens with two attached hydrogens (primary N) is 1. The van der Waals surface area contributed by atoms with Crippen molar-refractivity contribution in [3.05, 3.63) is 59.2 Å². The minimum Gasteiger partial charge on any atom is -0.508 e. The molecule has 0 saturated heterocycles. The zero-order valence-electron chi connectivity index (χ0n) is 24.6. The lowest BCUT2D eigenvalue weighted by Crippen LogP contribution is -2.59. The molecule has 2 rings (SSSR count). The number of alkyl carbamates (subject to hydrolysis) is 1. The number of aryl methyl sites for hydroxylation is 2. The second-order valence-corrected chi connectivity index (χ2v) is 11.5.